The fraction of sp³-hybridized carbons (Fsp3) is 0.786. The van der Waals surface area contributed by atoms with Gasteiger partial charge in [-0.1, -0.05) is 25.9 Å². The second-order valence-corrected chi connectivity index (χ2v) is 5.60. The summed E-state index contributed by atoms with van der Waals surface area (Å²) in [5, 5.41) is 7.50. The largest absolute Gasteiger partial charge is 0.360 e. The fourth-order valence-electron chi connectivity index (χ4n) is 2.14. The molecule has 0 spiro atoms. The van der Waals surface area contributed by atoms with Crippen LogP contribution in [0, 0.1) is 5.92 Å². The lowest BCUT2D eigenvalue weighted by molar-refractivity contribution is 0.232. The minimum Gasteiger partial charge on any atom is -0.360 e. The van der Waals surface area contributed by atoms with E-state index in [1.165, 1.54) is 12.8 Å². The Labute approximate surface area is 110 Å². The first-order valence-corrected chi connectivity index (χ1v) is 7.08. The van der Waals surface area contributed by atoms with Crippen molar-refractivity contribution in [2.45, 2.75) is 52.7 Å². The second kappa shape index (κ2) is 6.34. The van der Waals surface area contributed by atoms with E-state index in [9.17, 15) is 0 Å². The van der Waals surface area contributed by atoms with Crippen LogP contribution in [0.5, 0.6) is 0 Å². The Morgan fingerprint density at radius 3 is 2.89 bits per heavy atom. The van der Waals surface area contributed by atoms with E-state index >= 15 is 0 Å². The van der Waals surface area contributed by atoms with Gasteiger partial charge in [0.1, 0.15) is 0 Å². The molecule has 1 aliphatic rings. The minimum atomic E-state index is 0.668. The molecule has 1 fully saturated rings. The Morgan fingerprint density at radius 1 is 1.50 bits per heavy atom. The molecular formula is C14H25N3O. The molecule has 0 bridgehead atoms. The Morgan fingerprint density at radius 2 is 2.28 bits per heavy atom. The lowest BCUT2D eigenvalue weighted by Gasteiger charge is -2.17. The number of hydrogen-bond acceptors (Lipinski definition) is 4. The Bertz CT molecular complexity index is 358. The summed E-state index contributed by atoms with van der Waals surface area (Å²) in [4.78, 5) is 2.46. The Kier molecular flexibility index (Phi) is 4.78. The first kappa shape index (κ1) is 13.6. The molecule has 0 aromatic carbocycles. The van der Waals surface area contributed by atoms with Gasteiger partial charge in [-0.2, -0.15) is 0 Å². The molecule has 102 valence electrons. The highest BCUT2D eigenvalue weighted by Gasteiger charge is 2.28. The number of hydrogen-bond donors (Lipinski definition) is 1. The normalized spacial score (nSPS) is 15.8. The summed E-state index contributed by atoms with van der Waals surface area (Å²) in [7, 11) is 0. The maximum absolute atomic E-state index is 5.40. The topological polar surface area (TPSA) is 41.3 Å². The van der Waals surface area contributed by atoms with Crippen molar-refractivity contribution < 1.29 is 4.52 Å². The summed E-state index contributed by atoms with van der Waals surface area (Å²) in [5.74, 6) is 1.66. The van der Waals surface area contributed by atoms with Crippen molar-refractivity contribution in [3.05, 3.63) is 17.5 Å². The molecule has 0 saturated heterocycles. The highest BCUT2D eigenvalue weighted by molar-refractivity contribution is 5.05. The summed E-state index contributed by atoms with van der Waals surface area (Å²) in [5.41, 5.74) is 1.01. The van der Waals surface area contributed by atoms with E-state index in [0.717, 1.165) is 43.7 Å². The summed E-state index contributed by atoms with van der Waals surface area (Å²) in [6, 6.07) is 2.86. The average molecular weight is 251 g/mol. The summed E-state index contributed by atoms with van der Waals surface area (Å²) < 4.78 is 5.40. The molecule has 1 aromatic rings. The van der Waals surface area contributed by atoms with Gasteiger partial charge in [0.2, 0.25) is 0 Å². The minimum absolute atomic E-state index is 0.668. The molecule has 18 heavy (non-hydrogen) atoms. The monoisotopic (exact) mass is 251 g/mol. The van der Waals surface area contributed by atoms with Gasteiger partial charge in [0.05, 0.1) is 12.2 Å². The predicted molar refractivity (Wildman–Crippen MR) is 72.2 cm³/mol. The van der Waals surface area contributed by atoms with E-state index in [4.69, 9.17) is 4.52 Å². The lowest BCUT2D eigenvalue weighted by atomic mass is 10.2. The zero-order valence-corrected chi connectivity index (χ0v) is 11.8. The van der Waals surface area contributed by atoms with Crippen LogP contribution in [-0.4, -0.2) is 29.2 Å². The first-order valence-electron chi connectivity index (χ1n) is 7.08. The summed E-state index contributed by atoms with van der Waals surface area (Å²) >= 11 is 0. The van der Waals surface area contributed by atoms with Gasteiger partial charge in [-0.05, 0) is 31.8 Å². The van der Waals surface area contributed by atoms with Crippen LogP contribution >= 0.6 is 0 Å². The molecule has 0 unspecified atom stereocenters. The molecule has 0 aliphatic heterocycles. The average Bonchev–Trinajstić information content (AvgIpc) is 3.08. The number of aromatic nitrogens is 1. The van der Waals surface area contributed by atoms with Gasteiger partial charge in [-0.25, -0.2) is 0 Å². The van der Waals surface area contributed by atoms with Crippen LogP contribution in [0.2, 0.25) is 0 Å². The van der Waals surface area contributed by atoms with Crippen molar-refractivity contribution in [2.24, 2.45) is 5.92 Å². The maximum Gasteiger partial charge on any atom is 0.151 e. The molecule has 1 N–H and O–H groups in total. The lowest BCUT2D eigenvalue weighted by Crippen LogP contribution is -2.24. The Hall–Kier alpha value is -0.870. The van der Waals surface area contributed by atoms with E-state index in [1.807, 2.05) is 0 Å². The quantitative estimate of drug-likeness (QED) is 0.770. The summed E-state index contributed by atoms with van der Waals surface area (Å²) in [6.45, 7) is 10.4. The van der Waals surface area contributed by atoms with E-state index in [0.29, 0.717) is 5.92 Å². The van der Waals surface area contributed by atoms with Crippen LogP contribution in [0.15, 0.2) is 10.6 Å². The predicted octanol–water partition coefficient (Wildman–Crippen LogP) is 2.40. The summed E-state index contributed by atoms with van der Waals surface area (Å²) in [6.07, 6.45) is 2.68. The number of rotatable bonds is 8. The smallest absolute Gasteiger partial charge is 0.151 e. The molecule has 2 rings (SSSR count). The first-order chi connectivity index (χ1) is 8.69. The van der Waals surface area contributed by atoms with Gasteiger partial charge in [0, 0.05) is 18.7 Å². The van der Waals surface area contributed by atoms with Crippen LogP contribution in [-0.2, 0) is 13.1 Å². The molecule has 1 aromatic heterocycles. The van der Waals surface area contributed by atoms with Crippen molar-refractivity contribution in [2.75, 3.05) is 13.1 Å². The molecule has 0 radical (unpaired) electrons. The highest BCUT2D eigenvalue weighted by Crippen LogP contribution is 2.27. The van der Waals surface area contributed by atoms with E-state index < -0.39 is 0 Å². The Balaban J connectivity index is 1.78. The molecule has 4 heteroatoms. The van der Waals surface area contributed by atoms with Crippen molar-refractivity contribution in [1.82, 2.24) is 15.4 Å². The molecule has 4 nitrogen and oxygen atoms in total. The van der Waals surface area contributed by atoms with Crippen LogP contribution in [0.4, 0.5) is 0 Å². The molecule has 1 heterocycles. The third-order valence-electron chi connectivity index (χ3n) is 3.29. The van der Waals surface area contributed by atoms with E-state index in [2.05, 4.69) is 42.2 Å². The van der Waals surface area contributed by atoms with Gasteiger partial charge in [0.15, 0.2) is 5.76 Å². The third-order valence-corrected chi connectivity index (χ3v) is 3.29. The molecule has 1 saturated carbocycles. The van der Waals surface area contributed by atoms with Crippen molar-refractivity contribution >= 4 is 0 Å². The van der Waals surface area contributed by atoms with E-state index in [1.54, 1.807) is 0 Å². The number of nitrogens with one attached hydrogen (secondary N) is 1. The van der Waals surface area contributed by atoms with Gasteiger partial charge >= 0.3 is 0 Å². The van der Waals surface area contributed by atoms with Crippen molar-refractivity contribution in [3.8, 4) is 0 Å². The third kappa shape index (κ3) is 4.10. The van der Waals surface area contributed by atoms with Crippen LogP contribution in [0.1, 0.15) is 45.1 Å². The van der Waals surface area contributed by atoms with Crippen LogP contribution in [0.25, 0.3) is 0 Å². The van der Waals surface area contributed by atoms with Gasteiger partial charge in [-0.3, -0.25) is 4.90 Å². The standard InChI is InChI=1S/C14H25N3O/c1-4-17(13-5-6-13)10-14-7-12(16-18-14)9-15-8-11(2)3/h7,11,13,15H,4-6,8-10H2,1-3H3. The zero-order valence-electron chi connectivity index (χ0n) is 11.8. The van der Waals surface area contributed by atoms with Gasteiger partial charge < -0.3 is 9.84 Å². The van der Waals surface area contributed by atoms with Crippen LogP contribution < -0.4 is 5.32 Å². The van der Waals surface area contributed by atoms with Crippen LogP contribution in [0.3, 0.4) is 0 Å². The van der Waals surface area contributed by atoms with Crippen molar-refractivity contribution in [3.63, 3.8) is 0 Å². The molecule has 1 aliphatic carbocycles. The fourth-order valence-corrected chi connectivity index (χ4v) is 2.14. The number of nitrogens with zero attached hydrogens (tertiary/aromatic N) is 2. The highest BCUT2D eigenvalue weighted by atomic mass is 16.5. The zero-order chi connectivity index (χ0) is 13.0. The maximum atomic E-state index is 5.40. The van der Waals surface area contributed by atoms with Gasteiger partial charge in [-0.15, -0.1) is 0 Å². The molecule has 0 atom stereocenters. The second-order valence-electron chi connectivity index (χ2n) is 5.60. The SMILES string of the molecule is CCN(Cc1cc(CNCC(C)C)no1)C1CC1. The molecule has 0 amide bonds. The molecular weight excluding hydrogens is 226 g/mol. The van der Waals surface area contributed by atoms with Crippen molar-refractivity contribution in [1.29, 1.82) is 0 Å². The van der Waals surface area contributed by atoms with E-state index in [-0.39, 0.29) is 0 Å². The van der Waals surface area contributed by atoms with Gasteiger partial charge in [0.25, 0.3) is 0 Å².